The Morgan fingerprint density at radius 2 is 1.94 bits per heavy atom. The highest BCUT2D eigenvalue weighted by molar-refractivity contribution is 6.30. The SMILES string of the molecule is CC1(c2ccc(Cl)cc2)C=C(C2CC2)C=CN1. The van der Waals surface area contributed by atoms with E-state index in [2.05, 4.69) is 42.7 Å². The molecule has 1 heterocycles. The molecule has 0 amide bonds. The highest BCUT2D eigenvalue weighted by Gasteiger charge is 2.31. The van der Waals surface area contributed by atoms with Crippen molar-refractivity contribution >= 4 is 11.6 Å². The van der Waals surface area contributed by atoms with Crippen LogP contribution in [0.3, 0.4) is 0 Å². The molecule has 1 aromatic carbocycles. The van der Waals surface area contributed by atoms with Gasteiger partial charge in [0.2, 0.25) is 0 Å². The Labute approximate surface area is 107 Å². The Morgan fingerprint density at radius 1 is 1.24 bits per heavy atom. The molecular formula is C15H16ClN. The van der Waals surface area contributed by atoms with Gasteiger partial charge in [-0.1, -0.05) is 29.8 Å². The average Bonchev–Trinajstić information content (AvgIpc) is 3.13. The Kier molecular flexibility index (Phi) is 2.52. The van der Waals surface area contributed by atoms with E-state index in [0.717, 1.165) is 10.9 Å². The van der Waals surface area contributed by atoms with Crippen molar-refractivity contribution in [1.82, 2.24) is 5.32 Å². The topological polar surface area (TPSA) is 12.0 Å². The molecule has 1 atom stereocenters. The molecule has 2 heteroatoms. The van der Waals surface area contributed by atoms with Gasteiger partial charge in [0.15, 0.2) is 0 Å². The molecule has 3 rings (SSSR count). The van der Waals surface area contributed by atoms with Crippen LogP contribution in [-0.4, -0.2) is 0 Å². The Bertz CT molecular complexity index is 482. The summed E-state index contributed by atoms with van der Waals surface area (Å²) in [5, 5.41) is 4.23. The zero-order chi connectivity index (χ0) is 11.9. The number of hydrogen-bond acceptors (Lipinski definition) is 1. The highest BCUT2D eigenvalue weighted by atomic mass is 35.5. The van der Waals surface area contributed by atoms with Gasteiger partial charge in [0, 0.05) is 5.02 Å². The van der Waals surface area contributed by atoms with Crippen molar-refractivity contribution in [3.8, 4) is 0 Å². The predicted molar refractivity (Wildman–Crippen MR) is 71.9 cm³/mol. The second-order valence-corrected chi connectivity index (χ2v) is 5.54. The van der Waals surface area contributed by atoms with Gasteiger partial charge < -0.3 is 5.32 Å². The van der Waals surface area contributed by atoms with E-state index in [9.17, 15) is 0 Å². The van der Waals surface area contributed by atoms with Crippen LogP contribution in [-0.2, 0) is 5.54 Å². The minimum absolute atomic E-state index is 0.0999. The van der Waals surface area contributed by atoms with Crippen LogP contribution in [0.15, 0.2) is 48.2 Å². The molecule has 0 spiro atoms. The number of hydrogen-bond donors (Lipinski definition) is 1. The standard InChI is InChI=1S/C15H16ClN/c1-15(13-4-6-14(16)7-5-13)10-12(8-9-17-15)11-2-3-11/h4-11,17H,2-3H2,1H3. The minimum atomic E-state index is -0.0999. The van der Waals surface area contributed by atoms with E-state index >= 15 is 0 Å². The lowest BCUT2D eigenvalue weighted by atomic mass is 9.87. The van der Waals surface area contributed by atoms with Gasteiger partial charge in [-0.2, -0.15) is 0 Å². The minimum Gasteiger partial charge on any atom is -0.378 e. The number of dihydropyridines is 1. The molecule has 17 heavy (non-hydrogen) atoms. The summed E-state index contributed by atoms with van der Waals surface area (Å²) in [6, 6.07) is 8.09. The van der Waals surface area contributed by atoms with Crippen molar-refractivity contribution in [3.05, 3.63) is 58.8 Å². The van der Waals surface area contributed by atoms with E-state index in [0.29, 0.717) is 0 Å². The maximum Gasteiger partial charge on any atom is 0.0782 e. The smallest absolute Gasteiger partial charge is 0.0782 e. The third kappa shape index (κ3) is 2.12. The van der Waals surface area contributed by atoms with Gasteiger partial charge in [0.1, 0.15) is 0 Å². The Morgan fingerprint density at radius 3 is 2.59 bits per heavy atom. The molecule has 0 aromatic heterocycles. The van der Waals surface area contributed by atoms with E-state index < -0.39 is 0 Å². The number of halogens is 1. The number of rotatable bonds is 2. The first-order valence-corrected chi connectivity index (χ1v) is 6.48. The molecule has 1 aliphatic heterocycles. The molecule has 0 radical (unpaired) electrons. The Balaban J connectivity index is 1.95. The lowest BCUT2D eigenvalue weighted by molar-refractivity contribution is 0.516. The zero-order valence-electron chi connectivity index (χ0n) is 9.91. The normalized spacial score (nSPS) is 27.5. The van der Waals surface area contributed by atoms with Crippen molar-refractivity contribution in [3.63, 3.8) is 0 Å². The van der Waals surface area contributed by atoms with Gasteiger partial charge in [-0.25, -0.2) is 0 Å². The lowest BCUT2D eigenvalue weighted by Crippen LogP contribution is -2.36. The number of benzene rings is 1. The third-order valence-corrected chi connectivity index (χ3v) is 3.86. The first-order valence-electron chi connectivity index (χ1n) is 6.10. The maximum absolute atomic E-state index is 5.94. The number of allylic oxidation sites excluding steroid dienone is 2. The second-order valence-electron chi connectivity index (χ2n) is 5.11. The van der Waals surface area contributed by atoms with Crippen LogP contribution in [0.1, 0.15) is 25.3 Å². The highest BCUT2D eigenvalue weighted by Crippen LogP contribution is 2.40. The molecule has 1 aromatic rings. The van der Waals surface area contributed by atoms with Crippen molar-refractivity contribution < 1.29 is 0 Å². The van der Waals surface area contributed by atoms with Gasteiger partial charge in [-0.05, 0) is 61.2 Å². The third-order valence-electron chi connectivity index (χ3n) is 3.61. The van der Waals surface area contributed by atoms with Gasteiger partial charge in [0.25, 0.3) is 0 Å². The molecule has 1 saturated carbocycles. The molecule has 1 fully saturated rings. The summed E-state index contributed by atoms with van der Waals surface area (Å²) in [6.07, 6.45) is 9.31. The molecule has 1 nitrogen and oxygen atoms in total. The number of nitrogens with one attached hydrogen (secondary N) is 1. The molecule has 1 aliphatic carbocycles. The first kappa shape index (κ1) is 10.9. The van der Waals surface area contributed by atoms with Gasteiger partial charge in [-0.3, -0.25) is 0 Å². The molecule has 0 saturated heterocycles. The average molecular weight is 246 g/mol. The van der Waals surface area contributed by atoms with Crippen molar-refractivity contribution in [2.75, 3.05) is 0 Å². The van der Waals surface area contributed by atoms with Crippen LogP contribution in [0.5, 0.6) is 0 Å². The van der Waals surface area contributed by atoms with Gasteiger partial charge >= 0.3 is 0 Å². The summed E-state index contributed by atoms with van der Waals surface area (Å²) in [7, 11) is 0. The molecule has 0 bridgehead atoms. The van der Waals surface area contributed by atoms with E-state index in [1.807, 2.05) is 12.1 Å². The fourth-order valence-corrected chi connectivity index (χ4v) is 2.49. The zero-order valence-corrected chi connectivity index (χ0v) is 10.7. The summed E-state index contributed by atoms with van der Waals surface area (Å²) >= 11 is 5.94. The fourth-order valence-electron chi connectivity index (χ4n) is 2.37. The Hall–Kier alpha value is -1.21. The molecule has 1 unspecified atom stereocenters. The van der Waals surface area contributed by atoms with E-state index in [1.165, 1.54) is 24.0 Å². The largest absolute Gasteiger partial charge is 0.378 e. The van der Waals surface area contributed by atoms with Gasteiger partial charge in [0.05, 0.1) is 5.54 Å². The molecular weight excluding hydrogens is 230 g/mol. The van der Waals surface area contributed by atoms with E-state index in [-0.39, 0.29) is 5.54 Å². The van der Waals surface area contributed by atoms with Crippen molar-refractivity contribution in [2.24, 2.45) is 5.92 Å². The monoisotopic (exact) mass is 245 g/mol. The van der Waals surface area contributed by atoms with Crippen molar-refractivity contribution in [2.45, 2.75) is 25.3 Å². The summed E-state index contributed by atoms with van der Waals surface area (Å²) in [4.78, 5) is 0. The first-order chi connectivity index (χ1) is 8.17. The summed E-state index contributed by atoms with van der Waals surface area (Å²) in [6.45, 7) is 2.21. The molecule has 1 N–H and O–H groups in total. The van der Waals surface area contributed by atoms with Gasteiger partial charge in [-0.15, -0.1) is 0 Å². The summed E-state index contributed by atoms with van der Waals surface area (Å²) in [5.41, 5.74) is 2.63. The lowest BCUT2D eigenvalue weighted by Gasteiger charge is -2.31. The second kappa shape index (κ2) is 3.92. The van der Waals surface area contributed by atoms with Crippen LogP contribution in [0.25, 0.3) is 0 Å². The summed E-state index contributed by atoms with van der Waals surface area (Å²) < 4.78 is 0. The fraction of sp³-hybridized carbons (Fsp3) is 0.333. The van der Waals surface area contributed by atoms with Crippen LogP contribution >= 0.6 is 11.6 Å². The quantitative estimate of drug-likeness (QED) is 0.830. The maximum atomic E-state index is 5.94. The van der Waals surface area contributed by atoms with Crippen LogP contribution in [0.2, 0.25) is 5.02 Å². The van der Waals surface area contributed by atoms with Crippen molar-refractivity contribution in [1.29, 1.82) is 0 Å². The summed E-state index contributed by atoms with van der Waals surface area (Å²) in [5.74, 6) is 0.792. The molecule has 88 valence electrons. The van der Waals surface area contributed by atoms with E-state index in [4.69, 9.17) is 11.6 Å². The molecule has 2 aliphatic rings. The van der Waals surface area contributed by atoms with E-state index in [1.54, 1.807) is 0 Å². The van der Waals surface area contributed by atoms with Crippen LogP contribution in [0, 0.1) is 5.92 Å². The predicted octanol–water partition coefficient (Wildman–Crippen LogP) is 4.01. The van der Waals surface area contributed by atoms with Crippen LogP contribution < -0.4 is 5.32 Å². The van der Waals surface area contributed by atoms with Crippen LogP contribution in [0.4, 0.5) is 0 Å².